The van der Waals surface area contributed by atoms with Crippen molar-refractivity contribution in [3.63, 3.8) is 0 Å². The number of aromatic nitrogens is 1. The van der Waals surface area contributed by atoms with Gasteiger partial charge in [-0.15, -0.1) is 11.3 Å². The lowest BCUT2D eigenvalue weighted by Crippen LogP contribution is -2.25. The largest absolute Gasteiger partial charge is 0.490 e. The van der Waals surface area contributed by atoms with Crippen LogP contribution in [0.4, 0.5) is 5.13 Å². The lowest BCUT2D eigenvalue weighted by atomic mass is 10.2. The highest BCUT2D eigenvalue weighted by Gasteiger charge is 2.20. The van der Waals surface area contributed by atoms with Crippen molar-refractivity contribution in [1.29, 1.82) is 0 Å². The molecular weight excluding hydrogens is 426 g/mol. The van der Waals surface area contributed by atoms with E-state index >= 15 is 0 Å². The van der Waals surface area contributed by atoms with Gasteiger partial charge >= 0.3 is 0 Å². The zero-order valence-electron chi connectivity index (χ0n) is 18.3. The first-order valence-corrected chi connectivity index (χ1v) is 11.5. The monoisotopic (exact) mass is 453 g/mol. The number of amides is 1. The molecule has 0 spiro atoms. The molecule has 7 nitrogen and oxygen atoms in total. The number of para-hydroxylation sites is 1. The number of fused-ring (bicyclic) bond motifs is 1. The molecule has 0 unspecified atom stereocenters. The predicted octanol–water partition coefficient (Wildman–Crippen LogP) is 4.24. The minimum atomic E-state index is -0.218. The maximum atomic E-state index is 12.8. The lowest BCUT2D eigenvalue weighted by Gasteiger charge is -2.20. The third kappa shape index (κ3) is 5.57. The lowest BCUT2D eigenvalue weighted by molar-refractivity contribution is 0.102. The molecular formula is C24H27N3O4S. The Hall–Kier alpha value is -3.10. The van der Waals surface area contributed by atoms with Gasteiger partial charge in [-0.3, -0.25) is 10.1 Å². The van der Waals surface area contributed by atoms with Gasteiger partial charge in [0.15, 0.2) is 16.6 Å². The first-order chi connectivity index (χ1) is 15.6. The molecule has 4 rings (SSSR count). The third-order valence-corrected chi connectivity index (χ3v) is 6.00. The zero-order valence-corrected chi connectivity index (χ0v) is 19.1. The molecule has 1 amide bonds. The number of nitrogens with one attached hydrogen (secondary N) is 1. The topological polar surface area (TPSA) is 72.9 Å². The summed E-state index contributed by atoms with van der Waals surface area (Å²) in [5.41, 5.74) is 1.58. The van der Waals surface area contributed by atoms with Crippen LogP contribution < -0.4 is 19.5 Å². The minimum absolute atomic E-state index is 0.218. The average molecular weight is 454 g/mol. The van der Waals surface area contributed by atoms with Crippen molar-refractivity contribution >= 4 is 22.4 Å². The van der Waals surface area contributed by atoms with Crippen LogP contribution in [0.5, 0.6) is 17.2 Å². The summed E-state index contributed by atoms with van der Waals surface area (Å²) in [6.07, 6.45) is 0.909. The van der Waals surface area contributed by atoms with Crippen LogP contribution in [0.2, 0.25) is 0 Å². The van der Waals surface area contributed by atoms with E-state index in [1.807, 2.05) is 37.3 Å². The molecule has 0 saturated carbocycles. The Labute approximate surface area is 191 Å². The van der Waals surface area contributed by atoms with Crippen molar-refractivity contribution in [2.45, 2.75) is 19.9 Å². The van der Waals surface area contributed by atoms with E-state index in [1.165, 1.54) is 16.2 Å². The standard InChI is InChI=1S/C24H27N3O4S/c1-3-29-21-15-17(9-10-20(21)31-14-13-30-18-7-5-4-6-8-18)23(28)26-24-25-19-11-12-27(2)16-22(19)32-24/h4-10,15H,3,11-14,16H2,1-2H3,(H,25,26,28). The molecule has 1 N–H and O–H groups in total. The molecule has 1 aliphatic heterocycles. The summed E-state index contributed by atoms with van der Waals surface area (Å²) in [6.45, 7) is 4.99. The van der Waals surface area contributed by atoms with E-state index in [2.05, 4.69) is 22.2 Å². The Kier molecular flexibility index (Phi) is 7.24. The van der Waals surface area contributed by atoms with Gasteiger partial charge in [0.25, 0.3) is 5.91 Å². The van der Waals surface area contributed by atoms with E-state index in [0.29, 0.717) is 42.0 Å². The number of benzene rings is 2. The maximum absolute atomic E-state index is 12.8. The number of hydrogen-bond acceptors (Lipinski definition) is 7. The van der Waals surface area contributed by atoms with E-state index < -0.39 is 0 Å². The Bertz CT molecular complexity index is 1050. The van der Waals surface area contributed by atoms with Crippen molar-refractivity contribution in [3.05, 3.63) is 64.7 Å². The number of anilines is 1. The highest BCUT2D eigenvalue weighted by Crippen LogP contribution is 2.31. The van der Waals surface area contributed by atoms with E-state index in [-0.39, 0.29) is 5.91 Å². The highest BCUT2D eigenvalue weighted by molar-refractivity contribution is 7.15. The number of ether oxygens (including phenoxy) is 3. The van der Waals surface area contributed by atoms with Gasteiger partial charge in [-0.1, -0.05) is 18.2 Å². The number of nitrogens with zero attached hydrogens (tertiary/aromatic N) is 2. The van der Waals surface area contributed by atoms with Gasteiger partial charge in [0.05, 0.1) is 12.3 Å². The molecule has 2 heterocycles. The Balaban J connectivity index is 1.37. The molecule has 1 aromatic heterocycles. The van der Waals surface area contributed by atoms with Crippen molar-refractivity contribution in [2.75, 3.05) is 38.7 Å². The van der Waals surface area contributed by atoms with Crippen LogP contribution in [-0.2, 0) is 13.0 Å². The molecule has 0 aliphatic carbocycles. The van der Waals surface area contributed by atoms with Gasteiger partial charge in [0.1, 0.15) is 19.0 Å². The fraction of sp³-hybridized carbons (Fsp3) is 0.333. The molecule has 0 saturated heterocycles. The van der Waals surface area contributed by atoms with E-state index in [4.69, 9.17) is 14.2 Å². The van der Waals surface area contributed by atoms with Crippen molar-refractivity contribution < 1.29 is 19.0 Å². The first-order valence-electron chi connectivity index (χ1n) is 10.7. The highest BCUT2D eigenvalue weighted by atomic mass is 32.1. The van der Waals surface area contributed by atoms with Crippen LogP contribution in [0.15, 0.2) is 48.5 Å². The second-order valence-electron chi connectivity index (χ2n) is 7.44. The molecule has 8 heteroatoms. The molecule has 3 aromatic rings. The van der Waals surface area contributed by atoms with Crippen LogP contribution in [-0.4, -0.2) is 49.2 Å². The minimum Gasteiger partial charge on any atom is -0.490 e. The van der Waals surface area contributed by atoms with Crippen LogP contribution in [0, 0.1) is 0 Å². The summed E-state index contributed by atoms with van der Waals surface area (Å²) in [7, 11) is 2.09. The molecule has 0 atom stereocenters. The number of hydrogen-bond donors (Lipinski definition) is 1. The predicted molar refractivity (Wildman–Crippen MR) is 125 cm³/mol. The van der Waals surface area contributed by atoms with E-state index in [0.717, 1.165) is 31.0 Å². The summed E-state index contributed by atoms with van der Waals surface area (Å²) in [5.74, 6) is 1.68. The third-order valence-electron chi connectivity index (χ3n) is 5.00. The second kappa shape index (κ2) is 10.5. The summed E-state index contributed by atoms with van der Waals surface area (Å²) in [5, 5.41) is 3.55. The maximum Gasteiger partial charge on any atom is 0.257 e. The zero-order chi connectivity index (χ0) is 22.3. The number of carbonyl (C=O) groups is 1. The molecule has 0 radical (unpaired) electrons. The van der Waals surface area contributed by atoms with Crippen LogP contribution >= 0.6 is 11.3 Å². The number of carbonyl (C=O) groups excluding carboxylic acids is 1. The Morgan fingerprint density at radius 1 is 1.09 bits per heavy atom. The quantitative estimate of drug-likeness (QED) is 0.489. The summed E-state index contributed by atoms with van der Waals surface area (Å²) < 4.78 is 17.2. The van der Waals surface area contributed by atoms with E-state index in [9.17, 15) is 4.79 Å². The fourth-order valence-corrected chi connectivity index (χ4v) is 4.49. The first kappa shape index (κ1) is 22.1. The fourth-order valence-electron chi connectivity index (χ4n) is 3.41. The molecule has 0 fully saturated rings. The van der Waals surface area contributed by atoms with Crippen molar-refractivity contribution in [3.8, 4) is 17.2 Å². The second-order valence-corrected chi connectivity index (χ2v) is 8.52. The number of rotatable bonds is 9. The van der Waals surface area contributed by atoms with Gasteiger partial charge in [-0.2, -0.15) is 0 Å². The molecule has 0 bridgehead atoms. The van der Waals surface area contributed by atoms with Crippen molar-refractivity contribution in [1.82, 2.24) is 9.88 Å². The molecule has 1 aliphatic rings. The number of likely N-dealkylation sites (N-methyl/N-ethyl adjacent to an activating group) is 1. The summed E-state index contributed by atoms with van der Waals surface area (Å²) in [6, 6.07) is 14.8. The van der Waals surface area contributed by atoms with Gasteiger partial charge in [-0.05, 0) is 44.3 Å². The number of thiazole rings is 1. The van der Waals surface area contributed by atoms with Gasteiger partial charge in [0.2, 0.25) is 0 Å². The van der Waals surface area contributed by atoms with Crippen LogP contribution in [0.1, 0.15) is 27.9 Å². The molecule has 2 aromatic carbocycles. The van der Waals surface area contributed by atoms with Crippen molar-refractivity contribution in [2.24, 2.45) is 0 Å². The van der Waals surface area contributed by atoms with Gasteiger partial charge < -0.3 is 19.1 Å². The summed E-state index contributed by atoms with van der Waals surface area (Å²) >= 11 is 1.54. The summed E-state index contributed by atoms with van der Waals surface area (Å²) in [4.78, 5) is 20.9. The van der Waals surface area contributed by atoms with Gasteiger partial charge in [-0.25, -0.2) is 4.98 Å². The van der Waals surface area contributed by atoms with Crippen LogP contribution in [0.3, 0.4) is 0 Å². The Morgan fingerprint density at radius 3 is 2.72 bits per heavy atom. The average Bonchev–Trinajstić information content (AvgIpc) is 3.19. The Morgan fingerprint density at radius 2 is 1.91 bits per heavy atom. The van der Waals surface area contributed by atoms with Gasteiger partial charge in [0, 0.05) is 30.0 Å². The molecule has 168 valence electrons. The van der Waals surface area contributed by atoms with Crippen LogP contribution in [0.25, 0.3) is 0 Å². The molecule has 32 heavy (non-hydrogen) atoms. The van der Waals surface area contributed by atoms with E-state index in [1.54, 1.807) is 18.2 Å². The SMILES string of the molecule is CCOc1cc(C(=O)Nc2nc3c(s2)CN(C)CC3)ccc1OCCOc1ccccc1. The normalized spacial score (nSPS) is 13.3. The smallest absolute Gasteiger partial charge is 0.257 e.